The Bertz CT molecular complexity index is 3000. The second kappa shape index (κ2) is 19.9. The summed E-state index contributed by atoms with van der Waals surface area (Å²) in [7, 11) is 0. The first-order valence-electron chi connectivity index (χ1n) is 24.8. The maximum Gasteiger partial charge on any atom is 0.308 e. The van der Waals surface area contributed by atoms with Crippen LogP contribution in [0.5, 0.6) is 0 Å². The zero-order valence-corrected chi connectivity index (χ0v) is 43.7. The number of rotatable bonds is 9. The average Bonchev–Trinajstić information content (AvgIpc) is 3.95. The Hall–Kier alpha value is -6.46. The summed E-state index contributed by atoms with van der Waals surface area (Å²) in [5.74, 6) is -0.0718. The summed E-state index contributed by atoms with van der Waals surface area (Å²) in [6.45, 7) is 25.8. The normalized spacial score (nSPS) is 18.8. The van der Waals surface area contributed by atoms with E-state index in [0.717, 1.165) is 79.7 Å². The van der Waals surface area contributed by atoms with Crippen molar-refractivity contribution < 1.29 is 32.6 Å². The fraction of sp³-hybridized carbons (Fsp3) is 0.491. The third kappa shape index (κ3) is 10.5. The van der Waals surface area contributed by atoms with Gasteiger partial charge in [0.1, 0.15) is 28.3 Å². The van der Waals surface area contributed by atoms with E-state index >= 15 is 0 Å². The SMILES string of the molecule is CC(C)c1nc2c(c(-c3ccc(F)cc3)c1/C=C/[C@@H]1C[C@H](CC(=O)OC(C)(C)C)OC(C)(C)O1)CCc1nnnn1C2(C)C.CC(C)c1nc2c(c(-c3ccc(F)cc3)c1C=O)CCc1nnnn1C2(C)C. The number of esters is 1. The van der Waals surface area contributed by atoms with Crippen LogP contribution in [0.1, 0.15) is 176 Å². The van der Waals surface area contributed by atoms with Crippen molar-refractivity contribution in [1.29, 1.82) is 0 Å². The molecule has 380 valence electrons. The number of fused-ring (bicyclic) bond motifs is 4. The number of hydrogen-bond donors (Lipinski definition) is 0. The molecular weight excluding hydrogens is 919 g/mol. The average molecular weight is 985 g/mol. The summed E-state index contributed by atoms with van der Waals surface area (Å²) >= 11 is 0. The number of ether oxygens (including phenoxy) is 3. The molecule has 15 nitrogen and oxygen atoms in total. The Morgan fingerprint density at radius 1 is 0.722 bits per heavy atom. The summed E-state index contributed by atoms with van der Waals surface area (Å²) in [4.78, 5) is 35.1. The molecule has 2 atom stereocenters. The minimum absolute atomic E-state index is 0.0529. The minimum atomic E-state index is -0.891. The highest BCUT2D eigenvalue weighted by atomic mass is 19.1. The number of nitrogens with zero attached hydrogens (tertiary/aromatic N) is 10. The molecule has 9 rings (SSSR count). The molecule has 7 heterocycles. The minimum Gasteiger partial charge on any atom is -0.460 e. The van der Waals surface area contributed by atoms with Gasteiger partial charge in [-0.1, -0.05) is 64.1 Å². The van der Waals surface area contributed by atoms with Gasteiger partial charge in [0.25, 0.3) is 0 Å². The molecule has 3 aliphatic heterocycles. The number of pyridine rings is 2. The number of carbonyl (C=O) groups is 2. The van der Waals surface area contributed by atoms with Gasteiger partial charge in [-0.2, -0.15) is 0 Å². The predicted molar refractivity (Wildman–Crippen MR) is 268 cm³/mol. The number of carbonyl (C=O) groups excluding carboxylic acids is 2. The summed E-state index contributed by atoms with van der Waals surface area (Å²) in [6.07, 6.45) is 7.55. The van der Waals surface area contributed by atoms with Crippen LogP contribution in [0, 0.1) is 11.6 Å². The summed E-state index contributed by atoms with van der Waals surface area (Å²) in [6, 6.07) is 12.9. The number of aldehydes is 1. The molecule has 3 aliphatic rings. The fourth-order valence-corrected chi connectivity index (χ4v) is 10.3. The Morgan fingerprint density at radius 3 is 1.62 bits per heavy atom. The molecule has 4 aromatic heterocycles. The molecule has 17 heteroatoms. The van der Waals surface area contributed by atoms with E-state index in [4.69, 9.17) is 24.2 Å². The third-order valence-corrected chi connectivity index (χ3v) is 13.4. The van der Waals surface area contributed by atoms with Gasteiger partial charge in [-0.15, -0.1) is 10.2 Å². The topological polar surface area (TPSA) is 175 Å². The highest BCUT2D eigenvalue weighted by Crippen LogP contribution is 2.43. The Labute approximate surface area is 420 Å². The van der Waals surface area contributed by atoms with Gasteiger partial charge in [0.15, 0.2) is 23.7 Å². The van der Waals surface area contributed by atoms with Gasteiger partial charge in [-0.05, 0) is 165 Å². The van der Waals surface area contributed by atoms with Crippen molar-refractivity contribution in [1.82, 2.24) is 50.4 Å². The molecule has 2 aromatic carbocycles. The second-order valence-corrected chi connectivity index (χ2v) is 22.0. The van der Waals surface area contributed by atoms with Crippen molar-refractivity contribution in [2.24, 2.45) is 0 Å². The van der Waals surface area contributed by atoms with Crippen LogP contribution in [0.25, 0.3) is 28.3 Å². The van der Waals surface area contributed by atoms with E-state index < -0.39 is 22.5 Å². The predicted octanol–water partition coefficient (Wildman–Crippen LogP) is 10.2. The van der Waals surface area contributed by atoms with Crippen molar-refractivity contribution in [2.75, 3.05) is 0 Å². The first-order valence-corrected chi connectivity index (χ1v) is 24.8. The van der Waals surface area contributed by atoms with E-state index in [0.29, 0.717) is 37.7 Å². The molecule has 0 amide bonds. The van der Waals surface area contributed by atoms with E-state index in [1.807, 2.05) is 89.9 Å². The fourth-order valence-electron chi connectivity index (χ4n) is 10.3. The quantitative estimate of drug-likeness (QED) is 0.0989. The Morgan fingerprint density at radius 2 is 1.18 bits per heavy atom. The summed E-state index contributed by atoms with van der Waals surface area (Å²) in [5, 5.41) is 24.8. The maximum absolute atomic E-state index is 14.1. The number of tetrazole rings is 2. The van der Waals surface area contributed by atoms with Crippen LogP contribution in [-0.2, 0) is 55.8 Å². The lowest BCUT2D eigenvalue weighted by molar-refractivity contribution is -0.290. The lowest BCUT2D eigenvalue weighted by Gasteiger charge is -2.40. The first-order chi connectivity index (χ1) is 33.9. The molecule has 0 saturated carbocycles. The maximum atomic E-state index is 14.1. The number of hydrogen-bond acceptors (Lipinski definition) is 13. The third-order valence-electron chi connectivity index (χ3n) is 13.4. The molecule has 0 bridgehead atoms. The monoisotopic (exact) mass is 985 g/mol. The molecule has 0 radical (unpaired) electrons. The van der Waals surface area contributed by atoms with Gasteiger partial charge in [0.2, 0.25) is 0 Å². The van der Waals surface area contributed by atoms with Crippen molar-refractivity contribution in [2.45, 2.75) is 175 Å². The smallest absolute Gasteiger partial charge is 0.308 e. The van der Waals surface area contributed by atoms with Gasteiger partial charge >= 0.3 is 5.97 Å². The van der Waals surface area contributed by atoms with Gasteiger partial charge in [0, 0.05) is 30.4 Å². The van der Waals surface area contributed by atoms with E-state index in [-0.39, 0.29) is 48.1 Å². The van der Waals surface area contributed by atoms with Crippen molar-refractivity contribution in [3.63, 3.8) is 0 Å². The highest BCUT2D eigenvalue weighted by Gasteiger charge is 2.40. The second-order valence-electron chi connectivity index (χ2n) is 22.0. The molecule has 1 fully saturated rings. The zero-order chi connectivity index (χ0) is 52.1. The van der Waals surface area contributed by atoms with Gasteiger partial charge in [-0.25, -0.2) is 18.1 Å². The summed E-state index contributed by atoms with van der Waals surface area (Å²) in [5.41, 5.74) is 8.81. The van der Waals surface area contributed by atoms with Crippen molar-refractivity contribution in [3.8, 4) is 22.3 Å². The molecule has 0 unspecified atom stereocenters. The van der Waals surface area contributed by atoms with Gasteiger partial charge in [-0.3, -0.25) is 19.6 Å². The standard InChI is InChI=1S/C34H44FN5O4.C21H22FN5O/c1-20(2)30-25(15-14-23-18-24(43-34(8,9)42-23)19-28(41)44-32(3,4)5)29(21-10-12-22(35)13-11-21)26-16-17-27-37-38-39-40(27)33(6,7)31(26)36-30;1-12(2)19-16(11-28)18(13-5-7-14(22)8-6-13)15-9-10-17-24-25-26-27(17)21(3,4)20(15)23-19/h10-15,20,23-24H,16-19H2,1-9H3;5-8,11-12H,9-10H2,1-4H3/b15-14+;/t23-,24-;/m1./s1. The van der Waals surface area contributed by atoms with E-state index in [1.165, 1.54) is 24.3 Å². The van der Waals surface area contributed by atoms with E-state index in [9.17, 15) is 18.4 Å². The molecule has 1 saturated heterocycles. The van der Waals surface area contributed by atoms with E-state index in [1.54, 1.807) is 12.1 Å². The van der Waals surface area contributed by atoms with Crippen LogP contribution in [0.4, 0.5) is 8.78 Å². The number of halogens is 2. The molecule has 6 aromatic rings. The Balaban J connectivity index is 0.000000212. The Kier molecular flexibility index (Phi) is 14.3. The number of aromatic nitrogens is 10. The zero-order valence-electron chi connectivity index (χ0n) is 43.7. The van der Waals surface area contributed by atoms with Gasteiger partial charge < -0.3 is 14.2 Å². The first kappa shape index (κ1) is 51.9. The molecule has 72 heavy (non-hydrogen) atoms. The number of aryl methyl sites for hydroxylation is 2. The molecule has 0 spiro atoms. The molecule has 0 N–H and O–H groups in total. The van der Waals surface area contributed by atoms with Crippen LogP contribution < -0.4 is 0 Å². The largest absolute Gasteiger partial charge is 0.460 e. The molecular formula is C55H66F2N10O5. The lowest BCUT2D eigenvalue weighted by atomic mass is 9.84. The van der Waals surface area contributed by atoms with Crippen molar-refractivity contribution in [3.05, 3.63) is 123 Å². The summed E-state index contributed by atoms with van der Waals surface area (Å²) < 4.78 is 49.4. The van der Waals surface area contributed by atoms with Crippen LogP contribution in [0.2, 0.25) is 0 Å². The van der Waals surface area contributed by atoms with Gasteiger partial charge in [0.05, 0.1) is 41.4 Å². The van der Waals surface area contributed by atoms with Crippen molar-refractivity contribution >= 4 is 18.3 Å². The molecule has 0 aliphatic carbocycles. The van der Waals surface area contributed by atoms with Crippen LogP contribution >= 0.6 is 0 Å². The number of benzene rings is 2. The lowest BCUT2D eigenvalue weighted by Crippen LogP contribution is -2.45. The van der Waals surface area contributed by atoms with Crippen LogP contribution in [0.15, 0.2) is 54.6 Å². The highest BCUT2D eigenvalue weighted by molar-refractivity contribution is 5.91. The van der Waals surface area contributed by atoms with Crippen LogP contribution in [0.3, 0.4) is 0 Å². The van der Waals surface area contributed by atoms with Crippen LogP contribution in [-0.4, -0.2) is 86.2 Å². The van der Waals surface area contributed by atoms with E-state index in [2.05, 4.69) is 64.8 Å².